The van der Waals surface area contributed by atoms with Gasteiger partial charge < -0.3 is 4.74 Å². The first-order valence-electron chi connectivity index (χ1n) is 6.72. The highest BCUT2D eigenvalue weighted by Crippen LogP contribution is 2.31. The van der Waals surface area contributed by atoms with Gasteiger partial charge in [-0.05, 0) is 37.3 Å². The summed E-state index contributed by atoms with van der Waals surface area (Å²) in [5.41, 5.74) is 0.780. The SMILES string of the molecule is COc1ccc(N(C(C)c2ccccc2F)S(C)(=O)=O)cc1. The van der Waals surface area contributed by atoms with E-state index in [0.29, 0.717) is 17.0 Å². The zero-order valence-corrected chi connectivity index (χ0v) is 13.5. The van der Waals surface area contributed by atoms with Gasteiger partial charge in [0, 0.05) is 5.56 Å². The number of rotatable bonds is 5. The van der Waals surface area contributed by atoms with Crippen LogP contribution in [0.4, 0.5) is 10.1 Å². The maximum atomic E-state index is 14.0. The molecule has 1 atom stereocenters. The molecule has 0 N–H and O–H groups in total. The standard InChI is InChI=1S/C16H18FNO3S/c1-12(15-6-4-5-7-16(15)17)18(22(3,19)20)13-8-10-14(21-2)11-9-13/h4-12H,1-3H3. The number of sulfonamides is 1. The van der Waals surface area contributed by atoms with Gasteiger partial charge in [-0.2, -0.15) is 0 Å². The zero-order chi connectivity index (χ0) is 16.3. The number of nitrogens with zero attached hydrogens (tertiary/aromatic N) is 1. The van der Waals surface area contributed by atoms with Gasteiger partial charge in [-0.1, -0.05) is 18.2 Å². The first-order chi connectivity index (χ1) is 10.3. The van der Waals surface area contributed by atoms with Crippen molar-refractivity contribution in [3.8, 4) is 5.75 Å². The Hall–Kier alpha value is -2.08. The van der Waals surface area contributed by atoms with Crippen LogP contribution >= 0.6 is 0 Å². The van der Waals surface area contributed by atoms with Crippen molar-refractivity contribution in [3.63, 3.8) is 0 Å². The molecule has 6 heteroatoms. The molecule has 0 radical (unpaired) electrons. The third kappa shape index (κ3) is 3.39. The Morgan fingerprint density at radius 3 is 2.18 bits per heavy atom. The van der Waals surface area contributed by atoms with Gasteiger partial charge in [0.1, 0.15) is 11.6 Å². The van der Waals surface area contributed by atoms with Crippen molar-refractivity contribution < 1.29 is 17.5 Å². The van der Waals surface area contributed by atoms with Crippen molar-refractivity contribution in [1.29, 1.82) is 0 Å². The van der Waals surface area contributed by atoms with E-state index in [-0.39, 0.29) is 0 Å². The molecule has 118 valence electrons. The lowest BCUT2D eigenvalue weighted by molar-refractivity contribution is 0.415. The van der Waals surface area contributed by atoms with Crippen LogP contribution in [0.15, 0.2) is 48.5 Å². The van der Waals surface area contributed by atoms with E-state index in [1.807, 2.05) is 0 Å². The highest BCUT2D eigenvalue weighted by Gasteiger charge is 2.26. The highest BCUT2D eigenvalue weighted by molar-refractivity contribution is 7.92. The van der Waals surface area contributed by atoms with Crippen molar-refractivity contribution in [3.05, 3.63) is 59.9 Å². The van der Waals surface area contributed by atoms with Crippen LogP contribution < -0.4 is 9.04 Å². The number of ether oxygens (including phenoxy) is 1. The molecular formula is C16H18FNO3S. The summed E-state index contributed by atoms with van der Waals surface area (Å²) in [4.78, 5) is 0. The Morgan fingerprint density at radius 2 is 1.68 bits per heavy atom. The van der Waals surface area contributed by atoms with Crippen molar-refractivity contribution >= 4 is 15.7 Å². The monoisotopic (exact) mass is 323 g/mol. The van der Waals surface area contributed by atoms with Gasteiger partial charge in [-0.15, -0.1) is 0 Å². The van der Waals surface area contributed by atoms with E-state index in [0.717, 1.165) is 6.26 Å². The normalized spacial score (nSPS) is 12.7. The van der Waals surface area contributed by atoms with Crippen molar-refractivity contribution in [2.45, 2.75) is 13.0 Å². The Labute approximate surface area is 130 Å². The largest absolute Gasteiger partial charge is 0.497 e. The molecule has 0 bridgehead atoms. The predicted octanol–water partition coefficient (Wildman–Crippen LogP) is 3.36. The molecule has 0 amide bonds. The van der Waals surface area contributed by atoms with Crippen LogP contribution in [0.2, 0.25) is 0 Å². The van der Waals surface area contributed by atoms with Crippen LogP contribution in [0.5, 0.6) is 5.75 Å². The molecule has 0 aliphatic carbocycles. The quantitative estimate of drug-likeness (QED) is 0.847. The lowest BCUT2D eigenvalue weighted by atomic mass is 10.1. The summed E-state index contributed by atoms with van der Waals surface area (Å²) >= 11 is 0. The fraction of sp³-hybridized carbons (Fsp3) is 0.250. The van der Waals surface area contributed by atoms with Crippen molar-refractivity contribution in [2.75, 3.05) is 17.7 Å². The summed E-state index contributed by atoms with van der Waals surface area (Å²) < 4.78 is 44.6. The second kappa shape index (κ2) is 6.36. The van der Waals surface area contributed by atoms with Gasteiger partial charge in [-0.3, -0.25) is 4.31 Å². The Morgan fingerprint density at radius 1 is 1.09 bits per heavy atom. The van der Waals surface area contributed by atoms with Gasteiger partial charge in [0.15, 0.2) is 0 Å². The van der Waals surface area contributed by atoms with Crippen molar-refractivity contribution in [2.24, 2.45) is 0 Å². The molecule has 0 saturated heterocycles. The van der Waals surface area contributed by atoms with Crippen molar-refractivity contribution in [1.82, 2.24) is 0 Å². The predicted molar refractivity (Wildman–Crippen MR) is 85.1 cm³/mol. The third-order valence-electron chi connectivity index (χ3n) is 3.39. The summed E-state index contributed by atoms with van der Waals surface area (Å²) in [5.74, 6) is 0.188. The number of anilines is 1. The van der Waals surface area contributed by atoms with E-state index in [2.05, 4.69) is 0 Å². The van der Waals surface area contributed by atoms with Crippen LogP contribution in [-0.2, 0) is 10.0 Å². The molecular weight excluding hydrogens is 305 g/mol. The smallest absolute Gasteiger partial charge is 0.232 e. The van der Waals surface area contributed by atoms with Gasteiger partial charge in [0.25, 0.3) is 0 Å². The fourth-order valence-corrected chi connectivity index (χ4v) is 3.56. The first kappa shape index (κ1) is 16.3. The topological polar surface area (TPSA) is 46.6 Å². The lowest BCUT2D eigenvalue weighted by Gasteiger charge is -2.29. The molecule has 2 aromatic rings. The van der Waals surface area contributed by atoms with E-state index in [4.69, 9.17) is 4.74 Å². The van der Waals surface area contributed by atoms with Gasteiger partial charge in [0.2, 0.25) is 10.0 Å². The van der Waals surface area contributed by atoms with E-state index in [1.54, 1.807) is 49.4 Å². The molecule has 0 saturated carbocycles. The minimum absolute atomic E-state index is 0.323. The minimum Gasteiger partial charge on any atom is -0.497 e. The highest BCUT2D eigenvalue weighted by atomic mass is 32.2. The molecule has 0 aliphatic rings. The molecule has 4 nitrogen and oxygen atoms in total. The van der Waals surface area contributed by atoms with Crippen LogP contribution in [0, 0.1) is 5.82 Å². The molecule has 2 aromatic carbocycles. The van der Waals surface area contributed by atoms with Crippen LogP contribution in [0.3, 0.4) is 0 Å². The Kier molecular flexibility index (Phi) is 4.71. The molecule has 0 aromatic heterocycles. The van der Waals surface area contributed by atoms with Crippen LogP contribution in [0.1, 0.15) is 18.5 Å². The number of halogens is 1. The molecule has 22 heavy (non-hydrogen) atoms. The molecule has 1 unspecified atom stereocenters. The summed E-state index contributed by atoms with van der Waals surface area (Å²) in [6.07, 6.45) is 1.11. The van der Waals surface area contributed by atoms with E-state index in [1.165, 1.54) is 17.5 Å². The maximum absolute atomic E-state index is 14.0. The second-order valence-corrected chi connectivity index (χ2v) is 6.81. The lowest BCUT2D eigenvalue weighted by Crippen LogP contribution is -2.33. The number of hydrogen-bond acceptors (Lipinski definition) is 3. The Balaban J connectivity index is 2.49. The van der Waals surface area contributed by atoms with Crippen LogP contribution in [-0.4, -0.2) is 21.8 Å². The molecule has 0 aliphatic heterocycles. The fourth-order valence-electron chi connectivity index (χ4n) is 2.37. The van der Waals surface area contributed by atoms with Crippen LogP contribution in [0.25, 0.3) is 0 Å². The zero-order valence-electron chi connectivity index (χ0n) is 12.7. The van der Waals surface area contributed by atoms with E-state index >= 15 is 0 Å². The number of hydrogen-bond donors (Lipinski definition) is 0. The average molecular weight is 323 g/mol. The van der Waals surface area contributed by atoms with E-state index in [9.17, 15) is 12.8 Å². The molecule has 0 fully saturated rings. The Bertz CT molecular complexity index is 744. The third-order valence-corrected chi connectivity index (χ3v) is 4.63. The molecule has 0 heterocycles. The molecule has 2 rings (SSSR count). The van der Waals surface area contributed by atoms with Gasteiger partial charge in [-0.25, -0.2) is 12.8 Å². The first-order valence-corrected chi connectivity index (χ1v) is 8.57. The summed E-state index contributed by atoms with van der Waals surface area (Å²) in [5, 5.41) is 0. The number of benzene rings is 2. The summed E-state index contributed by atoms with van der Waals surface area (Å²) in [6.45, 7) is 1.66. The second-order valence-electron chi connectivity index (χ2n) is 4.95. The summed E-state index contributed by atoms with van der Waals surface area (Å²) in [7, 11) is -2.04. The minimum atomic E-state index is -3.58. The van der Waals surface area contributed by atoms with Gasteiger partial charge >= 0.3 is 0 Å². The maximum Gasteiger partial charge on any atom is 0.232 e. The average Bonchev–Trinajstić information content (AvgIpc) is 2.47. The van der Waals surface area contributed by atoms with Gasteiger partial charge in [0.05, 0.1) is 25.1 Å². The van der Waals surface area contributed by atoms with E-state index < -0.39 is 21.9 Å². The molecule has 0 spiro atoms. The number of methoxy groups -OCH3 is 1. The summed E-state index contributed by atoms with van der Waals surface area (Å²) in [6, 6.07) is 12.1.